The van der Waals surface area contributed by atoms with Crippen LogP contribution in [0.2, 0.25) is 0 Å². The van der Waals surface area contributed by atoms with E-state index in [1.165, 1.54) is 12.8 Å². The molecule has 0 aromatic heterocycles. The van der Waals surface area contributed by atoms with Crippen LogP contribution in [0, 0.1) is 0 Å². The molecule has 0 atom stereocenters. The maximum atomic E-state index is 12.6. The van der Waals surface area contributed by atoms with Crippen molar-refractivity contribution in [2.75, 3.05) is 67.1 Å². The monoisotopic (exact) mass is 405 g/mol. The molecule has 0 N–H and O–H groups in total. The van der Waals surface area contributed by atoms with Gasteiger partial charge in [-0.3, -0.25) is 14.6 Å². The van der Waals surface area contributed by atoms with Gasteiger partial charge in [-0.15, -0.1) is 0 Å². The van der Waals surface area contributed by atoms with E-state index in [-0.39, 0.29) is 0 Å². The molecular weight excluding hydrogens is 370 g/mol. The molecule has 0 unspecified atom stereocenters. The first-order valence-corrected chi connectivity index (χ1v) is 10.7. The Morgan fingerprint density at radius 1 is 0.793 bits per heavy atom. The third-order valence-electron chi connectivity index (χ3n) is 5.96. The molecule has 3 rings (SSSR count). The molecule has 0 saturated carbocycles. The van der Waals surface area contributed by atoms with Gasteiger partial charge in [-0.25, -0.2) is 0 Å². The first-order chi connectivity index (χ1) is 14.2. The van der Waals surface area contributed by atoms with E-state index in [0.29, 0.717) is 24.0 Å². The molecule has 0 spiro atoms. The molecule has 162 valence electrons. The van der Waals surface area contributed by atoms with Gasteiger partial charge in [0.15, 0.2) is 11.5 Å². The van der Waals surface area contributed by atoms with Gasteiger partial charge in [0.05, 0.1) is 27.9 Å². The summed E-state index contributed by atoms with van der Waals surface area (Å²) in [5.41, 5.74) is 1.08. The smallest absolute Gasteiger partial charge is 0.236 e. The van der Waals surface area contributed by atoms with Crippen molar-refractivity contribution in [2.24, 2.45) is 0 Å². The topological polar surface area (TPSA) is 54.5 Å². The Hall–Kier alpha value is -1.99. The Kier molecular flexibility index (Phi) is 8.00. The van der Waals surface area contributed by atoms with E-state index in [0.717, 1.165) is 70.0 Å². The number of methoxy groups -OCH3 is 3. The summed E-state index contributed by atoms with van der Waals surface area (Å²) in [4.78, 5) is 19.4. The molecule has 2 aliphatic heterocycles. The standard InChI is InChI=1S/C22H35N3O4/c1-27-19-9-8-18(21(28-2)22(19)29-3)16-23-12-14-24(15-13-23)17-20(26)25-10-6-4-5-7-11-25/h8-9H,4-7,10-17H2,1-3H3. The van der Waals surface area contributed by atoms with Crippen molar-refractivity contribution < 1.29 is 19.0 Å². The number of hydrogen-bond donors (Lipinski definition) is 0. The van der Waals surface area contributed by atoms with Crippen molar-refractivity contribution in [1.82, 2.24) is 14.7 Å². The maximum absolute atomic E-state index is 12.6. The van der Waals surface area contributed by atoms with Crippen molar-refractivity contribution in [3.8, 4) is 17.2 Å². The van der Waals surface area contributed by atoms with Crippen molar-refractivity contribution in [3.63, 3.8) is 0 Å². The second kappa shape index (κ2) is 10.7. The highest BCUT2D eigenvalue weighted by Crippen LogP contribution is 2.40. The molecule has 1 amide bonds. The Morgan fingerprint density at radius 2 is 1.41 bits per heavy atom. The number of likely N-dealkylation sites (tertiary alicyclic amines) is 1. The molecule has 1 aromatic carbocycles. The van der Waals surface area contributed by atoms with Gasteiger partial charge in [-0.2, -0.15) is 0 Å². The minimum absolute atomic E-state index is 0.293. The van der Waals surface area contributed by atoms with Crippen molar-refractivity contribution >= 4 is 5.91 Å². The lowest BCUT2D eigenvalue weighted by molar-refractivity contribution is -0.132. The van der Waals surface area contributed by atoms with Crippen LogP contribution in [0.3, 0.4) is 0 Å². The van der Waals surface area contributed by atoms with E-state index in [9.17, 15) is 4.79 Å². The first kappa shape index (κ1) is 21.7. The Labute approximate surface area is 174 Å². The summed E-state index contributed by atoms with van der Waals surface area (Å²) in [6.45, 7) is 6.89. The summed E-state index contributed by atoms with van der Waals surface area (Å²) >= 11 is 0. The van der Waals surface area contributed by atoms with E-state index in [2.05, 4.69) is 14.7 Å². The fraction of sp³-hybridized carbons (Fsp3) is 0.682. The second-order valence-electron chi connectivity index (χ2n) is 7.84. The van der Waals surface area contributed by atoms with Gasteiger partial charge in [-0.05, 0) is 18.9 Å². The van der Waals surface area contributed by atoms with Crippen LogP contribution >= 0.6 is 0 Å². The molecule has 0 aliphatic carbocycles. The third kappa shape index (κ3) is 5.54. The number of piperazine rings is 1. The number of carbonyl (C=O) groups is 1. The minimum Gasteiger partial charge on any atom is -0.493 e. The average Bonchev–Trinajstić information content (AvgIpc) is 3.04. The van der Waals surface area contributed by atoms with E-state index in [4.69, 9.17) is 14.2 Å². The van der Waals surface area contributed by atoms with Crippen LogP contribution in [0.25, 0.3) is 0 Å². The Balaban J connectivity index is 1.53. The van der Waals surface area contributed by atoms with Gasteiger partial charge in [0.25, 0.3) is 0 Å². The predicted molar refractivity (Wildman–Crippen MR) is 113 cm³/mol. The summed E-state index contributed by atoms with van der Waals surface area (Å²) in [5.74, 6) is 2.33. The molecule has 2 fully saturated rings. The fourth-order valence-electron chi connectivity index (χ4n) is 4.25. The fourth-order valence-corrected chi connectivity index (χ4v) is 4.25. The van der Waals surface area contributed by atoms with Crippen LogP contribution in [-0.2, 0) is 11.3 Å². The van der Waals surface area contributed by atoms with Crippen LogP contribution in [0.5, 0.6) is 17.2 Å². The molecule has 1 aromatic rings. The lowest BCUT2D eigenvalue weighted by Gasteiger charge is -2.35. The lowest BCUT2D eigenvalue weighted by atomic mass is 10.1. The van der Waals surface area contributed by atoms with Gasteiger partial charge in [-0.1, -0.05) is 18.9 Å². The highest BCUT2D eigenvalue weighted by molar-refractivity contribution is 5.78. The number of hydrogen-bond acceptors (Lipinski definition) is 6. The van der Waals surface area contributed by atoms with Crippen molar-refractivity contribution in [1.29, 1.82) is 0 Å². The third-order valence-corrected chi connectivity index (χ3v) is 5.96. The largest absolute Gasteiger partial charge is 0.493 e. The molecule has 7 nitrogen and oxygen atoms in total. The number of amides is 1. The van der Waals surface area contributed by atoms with Crippen LogP contribution in [0.4, 0.5) is 0 Å². The second-order valence-corrected chi connectivity index (χ2v) is 7.84. The zero-order valence-corrected chi connectivity index (χ0v) is 18.1. The van der Waals surface area contributed by atoms with Crippen LogP contribution in [0.1, 0.15) is 31.2 Å². The highest BCUT2D eigenvalue weighted by Gasteiger charge is 2.24. The van der Waals surface area contributed by atoms with Crippen LogP contribution in [0.15, 0.2) is 12.1 Å². The van der Waals surface area contributed by atoms with Gasteiger partial charge >= 0.3 is 0 Å². The van der Waals surface area contributed by atoms with Gasteiger partial charge in [0, 0.05) is 51.4 Å². The molecule has 0 bridgehead atoms. The van der Waals surface area contributed by atoms with Gasteiger partial charge in [0.2, 0.25) is 11.7 Å². The SMILES string of the molecule is COc1ccc(CN2CCN(CC(=O)N3CCCCCC3)CC2)c(OC)c1OC. The van der Waals surface area contributed by atoms with Crippen molar-refractivity contribution in [3.05, 3.63) is 17.7 Å². The molecule has 2 aliphatic rings. The average molecular weight is 406 g/mol. The summed E-state index contributed by atoms with van der Waals surface area (Å²) in [6.07, 6.45) is 4.80. The minimum atomic E-state index is 0.293. The molecule has 0 radical (unpaired) electrons. The number of benzene rings is 1. The van der Waals surface area contributed by atoms with E-state index in [1.54, 1.807) is 21.3 Å². The van der Waals surface area contributed by atoms with Crippen LogP contribution in [-0.4, -0.2) is 87.7 Å². The zero-order valence-electron chi connectivity index (χ0n) is 18.1. The predicted octanol–water partition coefficient (Wildman–Crippen LogP) is 2.23. The number of nitrogens with zero attached hydrogens (tertiary/aromatic N) is 3. The molecule has 29 heavy (non-hydrogen) atoms. The van der Waals surface area contributed by atoms with E-state index in [1.807, 2.05) is 12.1 Å². The molecule has 2 heterocycles. The quantitative estimate of drug-likeness (QED) is 0.694. The van der Waals surface area contributed by atoms with E-state index >= 15 is 0 Å². The summed E-state index contributed by atoms with van der Waals surface area (Å²) in [6, 6.07) is 3.96. The Bertz CT molecular complexity index is 666. The summed E-state index contributed by atoms with van der Waals surface area (Å²) in [7, 11) is 4.92. The summed E-state index contributed by atoms with van der Waals surface area (Å²) < 4.78 is 16.5. The van der Waals surface area contributed by atoms with Gasteiger partial charge in [0.1, 0.15) is 0 Å². The van der Waals surface area contributed by atoms with E-state index < -0.39 is 0 Å². The normalized spacial score (nSPS) is 18.9. The molecule has 2 saturated heterocycles. The van der Waals surface area contributed by atoms with Crippen LogP contribution < -0.4 is 14.2 Å². The lowest BCUT2D eigenvalue weighted by Crippen LogP contribution is -2.49. The van der Waals surface area contributed by atoms with Gasteiger partial charge < -0.3 is 19.1 Å². The maximum Gasteiger partial charge on any atom is 0.236 e. The Morgan fingerprint density at radius 3 is 2.00 bits per heavy atom. The number of ether oxygens (including phenoxy) is 3. The molecular formula is C22H35N3O4. The highest BCUT2D eigenvalue weighted by atomic mass is 16.5. The summed E-state index contributed by atoms with van der Waals surface area (Å²) in [5, 5.41) is 0. The zero-order chi connectivity index (χ0) is 20.6. The first-order valence-electron chi connectivity index (χ1n) is 10.7. The number of rotatable bonds is 7. The number of carbonyl (C=O) groups excluding carboxylic acids is 1. The molecule has 7 heteroatoms. The van der Waals surface area contributed by atoms with Crippen molar-refractivity contribution in [2.45, 2.75) is 32.2 Å².